The van der Waals surface area contributed by atoms with E-state index in [0.29, 0.717) is 17.2 Å². The maximum absolute atomic E-state index is 13.8. The largest absolute Gasteiger partial charge is 0.365 e. The third-order valence-corrected chi connectivity index (χ3v) is 5.59. The Balaban J connectivity index is 1.77. The summed E-state index contributed by atoms with van der Waals surface area (Å²) in [6, 6.07) is 11.8. The second-order valence-corrected chi connectivity index (χ2v) is 7.95. The zero-order valence-corrected chi connectivity index (χ0v) is 16.6. The van der Waals surface area contributed by atoms with E-state index in [1.165, 1.54) is 18.6 Å². The van der Waals surface area contributed by atoms with Crippen LogP contribution in [0.5, 0.6) is 0 Å². The van der Waals surface area contributed by atoms with Crippen LogP contribution in [0.15, 0.2) is 46.9 Å². The highest BCUT2D eigenvalue weighted by molar-refractivity contribution is 9.10. The first-order valence-electron chi connectivity index (χ1n) is 8.81. The minimum absolute atomic E-state index is 0.0867. The molecule has 26 heavy (non-hydrogen) atoms. The maximum Gasteiger partial charge on any atom is 0.252 e. The maximum atomic E-state index is 13.8. The smallest absolute Gasteiger partial charge is 0.252 e. The summed E-state index contributed by atoms with van der Waals surface area (Å²) in [6.45, 7) is 0. The van der Waals surface area contributed by atoms with E-state index in [2.05, 4.69) is 26.6 Å². The number of rotatable bonds is 5. The number of hydrogen-bond acceptors (Lipinski definition) is 2. The van der Waals surface area contributed by atoms with Crippen molar-refractivity contribution in [3.8, 4) is 0 Å². The standard InChI is InChI=1S/C20H21BrClFN2O/c21-15-8-6-14(7-9-15)20(26)25-19(13-4-2-1-3-5-13)24-16-10-11-17(22)18(23)12-16/h6-13,19,24H,1-5H2,(H,25,26). The minimum Gasteiger partial charge on any atom is -0.365 e. The summed E-state index contributed by atoms with van der Waals surface area (Å²) in [4.78, 5) is 12.7. The number of hydrogen-bond donors (Lipinski definition) is 2. The van der Waals surface area contributed by atoms with Crippen LogP contribution in [0, 0.1) is 11.7 Å². The van der Waals surface area contributed by atoms with Crippen molar-refractivity contribution in [3.63, 3.8) is 0 Å². The highest BCUT2D eigenvalue weighted by atomic mass is 79.9. The fraction of sp³-hybridized carbons (Fsp3) is 0.350. The van der Waals surface area contributed by atoms with Crippen molar-refractivity contribution < 1.29 is 9.18 Å². The number of benzene rings is 2. The Morgan fingerprint density at radius 3 is 2.46 bits per heavy atom. The van der Waals surface area contributed by atoms with Crippen molar-refractivity contribution in [2.45, 2.75) is 38.3 Å². The summed E-state index contributed by atoms with van der Waals surface area (Å²) in [5.41, 5.74) is 1.21. The van der Waals surface area contributed by atoms with Crippen LogP contribution in [-0.4, -0.2) is 12.1 Å². The van der Waals surface area contributed by atoms with Crippen LogP contribution in [0.3, 0.4) is 0 Å². The molecule has 1 saturated carbocycles. The van der Waals surface area contributed by atoms with Gasteiger partial charge in [0, 0.05) is 15.7 Å². The van der Waals surface area contributed by atoms with Crippen molar-refractivity contribution in [3.05, 3.63) is 63.3 Å². The van der Waals surface area contributed by atoms with Gasteiger partial charge in [0.1, 0.15) is 12.0 Å². The molecule has 1 atom stereocenters. The molecule has 2 N–H and O–H groups in total. The highest BCUT2D eigenvalue weighted by Gasteiger charge is 2.25. The van der Waals surface area contributed by atoms with Gasteiger partial charge in [-0.05, 0) is 61.2 Å². The van der Waals surface area contributed by atoms with Gasteiger partial charge in [-0.1, -0.05) is 46.8 Å². The molecule has 2 aromatic rings. The van der Waals surface area contributed by atoms with Gasteiger partial charge in [0.2, 0.25) is 0 Å². The quantitative estimate of drug-likeness (QED) is 0.562. The first kappa shape index (κ1) is 19.2. The van der Waals surface area contributed by atoms with E-state index < -0.39 is 5.82 Å². The Bertz CT molecular complexity index is 763. The van der Waals surface area contributed by atoms with Gasteiger partial charge in [0.15, 0.2) is 0 Å². The molecule has 0 bridgehead atoms. The molecule has 1 aliphatic rings. The van der Waals surface area contributed by atoms with Gasteiger partial charge >= 0.3 is 0 Å². The Morgan fingerprint density at radius 1 is 1.12 bits per heavy atom. The van der Waals surface area contributed by atoms with Gasteiger partial charge in [-0.25, -0.2) is 4.39 Å². The fourth-order valence-electron chi connectivity index (χ4n) is 3.33. The van der Waals surface area contributed by atoms with Crippen LogP contribution in [0.25, 0.3) is 0 Å². The number of carbonyl (C=O) groups excluding carboxylic acids is 1. The zero-order valence-electron chi connectivity index (χ0n) is 14.3. The summed E-state index contributed by atoms with van der Waals surface area (Å²) in [7, 11) is 0. The predicted octanol–water partition coefficient (Wildman–Crippen LogP) is 5.99. The van der Waals surface area contributed by atoms with Crippen LogP contribution in [0.1, 0.15) is 42.5 Å². The third-order valence-electron chi connectivity index (χ3n) is 4.76. The van der Waals surface area contributed by atoms with Gasteiger partial charge in [-0.2, -0.15) is 0 Å². The lowest BCUT2D eigenvalue weighted by atomic mass is 9.86. The van der Waals surface area contributed by atoms with Gasteiger partial charge in [-0.3, -0.25) is 4.79 Å². The molecule has 0 heterocycles. The summed E-state index contributed by atoms with van der Waals surface area (Å²) < 4.78 is 14.7. The first-order valence-corrected chi connectivity index (χ1v) is 9.98. The minimum atomic E-state index is -0.474. The zero-order chi connectivity index (χ0) is 18.5. The molecule has 1 aliphatic carbocycles. The van der Waals surface area contributed by atoms with E-state index >= 15 is 0 Å². The molecular formula is C20H21BrClFN2O. The van der Waals surface area contributed by atoms with E-state index in [0.717, 1.165) is 30.2 Å². The average Bonchev–Trinajstić information content (AvgIpc) is 2.65. The first-order chi connectivity index (χ1) is 12.5. The third kappa shape index (κ3) is 4.98. The number of anilines is 1. The molecule has 1 fully saturated rings. The Labute approximate surface area is 166 Å². The van der Waals surface area contributed by atoms with E-state index in [1.54, 1.807) is 18.2 Å². The predicted molar refractivity (Wildman–Crippen MR) is 107 cm³/mol. The lowest BCUT2D eigenvalue weighted by Gasteiger charge is -2.32. The topological polar surface area (TPSA) is 41.1 Å². The van der Waals surface area contributed by atoms with Crippen LogP contribution in [-0.2, 0) is 0 Å². The van der Waals surface area contributed by atoms with E-state index in [9.17, 15) is 9.18 Å². The summed E-state index contributed by atoms with van der Waals surface area (Å²) >= 11 is 9.14. The summed E-state index contributed by atoms with van der Waals surface area (Å²) in [5, 5.41) is 6.46. The Hall–Kier alpha value is -1.59. The number of amides is 1. The molecule has 3 rings (SSSR count). The van der Waals surface area contributed by atoms with Crippen molar-refractivity contribution >= 4 is 39.1 Å². The fourth-order valence-corrected chi connectivity index (χ4v) is 3.71. The van der Waals surface area contributed by atoms with Crippen LogP contribution in [0.4, 0.5) is 10.1 Å². The molecule has 1 amide bonds. The molecule has 138 valence electrons. The second-order valence-electron chi connectivity index (χ2n) is 6.63. The molecule has 6 heteroatoms. The molecule has 0 spiro atoms. The lowest BCUT2D eigenvalue weighted by Crippen LogP contribution is -2.46. The lowest BCUT2D eigenvalue weighted by molar-refractivity contribution is 0.0922. The van der Waals surface area contributed by atoms with Crippen molar-refractivity contribution in [2.75, 3.05) is 5.32 Å². The van der Waals surface area contributed by atoms with Crippen LogP contribution in [0.2, 0.25) is 5.02 Å². The van der Waals surface area contributed by atoms with Gasteiger partial charge in [-0.15, -0.1) is 0 Å². The molecule has 0 aromatic heterocycles. The number of halogens is 3. The van der Waals surface area contributed by atoms with Gasteiger partial charge in [0.25, 0.3) is 5.91 Å². The van der Waals surface area contributed by atoms with E-state index in [-0.39, 0.29) is 17.1 Å². The molecule has 0 saturated heterocycles. The van der Waals surface area contributed by atoms with Crippen molar-refractivity contribution in [2.24, 2.45) is 5.92 Å². The summed E-state index contributed by atoms with van der Waals surface area (Å²) in [5.74, 6) is -0.310. The molecular weight excluding hydrogens is 419 g/mol. The molecule has 2 aromatic carbocycles. The molecule has 1 unspecified atom stereocenters. The van der Waals surface area contributed by atoms with E-state index in [4.69, 9.17) is 11.6 Å². The highest BCUT2D eigenvalue weighted by Crippen LogP contribution is 2.28. The van der Waals surface area contributed by atoms with Gasteiger partial charge in [0.05, 0.1) is 5.02 Å². The normalized spacial score (nSPS) is 16.1. The Morgan fingerprint density at radius 2 is 1.81 bits per heavy atom. The molecule has 0 radical (unpaired) electrons. The second kappa shape index (κ2) is 8.87. The SMILES string of the molecule is O=C(NC(Nc1ccc(Cl)c(F)c1)C1CCCCC1)c1ccc(Br)cc1. The molecule has 0 aliphatic heterocycles. The Kier molecular flexibility index (Phi) is 6.54. The number of nitrogens with one attached hydrogen (secondary N) is 2. The monoisotopic (exact) mass is 438 g/mol. The average molecular weight is 440 g/mol. The van der Waals surface area contributed by atoms with Gasteiger partial charge < -0.3 is 10.6 Å². The van der Waals surface area contributed by atoms with Crippen LogP contribution < -0.4 is 10.6 Å². The van der Waals surface area contributed by atoms with Crippen LogP contribution >= 0.6 is 27.5 Å². The van der Waals surface area contributed by atoms with Crippen molar-refractivity contribution in [1.29, 1.82) is 0 Å². The molecule has 3 nitrogen and oxygen atoms in total. The number of carbonyl (C=O) groups is 1. The van der Waals surface area contributed by atoms with Crippen molar-refractivity contribution in [1.82, 2.24) is 5.32 Å². The summed E-state index contributed by atoms with van der Waals surface area (Å²) in [6.07, 6.45) is 5.33. The van der Waals surface area contributed by atoms with E-state index in [1.807, 2.05) is 12.1 Å².